The number of carbonyl (C=O) groups is 1. The first-order valence-corrected chi connectivity index (χ1v) is 14.1. The van der Waals surface area contributed by atoms with Gasteiger partial charge in [-0.3, -0.25) is 9.89 Å². The highest BCUT2D eigenvalue weighted by Gasteiger charge is 2.46. The molecule has 4 rings (SSSR count). The van der Waals surface area contributed by atoms with E-state index in [0.717, 1.165) is 55.6 Å². The van der Waals surface area contributed by atoms with Crippen molar-refractivity contribution in [2.75, 3.05) is 19.7 Å². The van der Waals surface area contributed by atoms with E-state index in [4.69, 9.17) is 9.47 Å². The molecule has 4 N–H and O–H groups in total. The van der Waals surface area contributed by atoms with Crippen LogP contribution in [0, 0.1) is 0 Å². The predicted molar refractivity (Wildman–Crippen MR) is 143 cm³/mol. The molecule has 0 unspecified atom stereocenters. The van der Waals surface area contributed by atoms with Crippen molar-refractivity contribution in [1.82, 2.24) is 15.1 Å². The van der Waals surface area contributed by atoms with Crippen LogP contribution in [0.5, 0.6) is 5.88 Å². The van der Waals surface area contributed by atoms with E-state index in [1.54, 1.807) is 0 Å². The molecule has 2 aliphatic rings. The van der Waals surface area contributed by atoms with Gasteiger partial charge in [0.15, 0.2) is 6.17 Å². The van der Waals surface area contributed by atoms with Gasteiger partial charge >= 0.3 is 0 Å². The first-order valence-electron chi connectivity index (χ1n) is 14.1. The zero-order valence-electron chi connectivity index (χ0n) is 22.9. The number of nitrogens with zero attached hydrogens (tertiary/aromatic N) is 2. The molecule has 10 heteroatoms. The van der Waals surface area contributed by atoms with Crippen LogP contribution in [-0.2, 0) is 22.4 Å². The molecule has 1 amide bonds. The monoisotopic (exact) mass is 547 g/mol. The van der Waals surface area contributed by atoms with E-state index in [2.05, 4.69) is 22.3 Å². The van der Waals surface area contributed by atoms with Crippen molar-refractivity contribution in [3.63, 3.8) is 0 Å². The molecule has 0 radical (unpaired) electrons. The minimum Gasteiger partial charge on any atom is -0.443 e. The fraction of sp³-hybridized carbons (Fsp3) is 0.655. The second-order valence-corrected chi connectivity index (χ2v) is 11.0. The molecule has 39 heavy (non-hydrogen) atoms. The molecular formula is C29H42FN3O6. The van der Waals surface area contributed by atoms with Gasteiger partial charge in [-0.05, 0) is 42.7 Å². The van der Waals surface area contributed by atoms with Gasteiger partial charge in [0.25, 0.3) is 0 Å². The Labute approximate surface area is 229 Å². The molecule has 0 spiro atoms. The lowest BCUT2D eigenvalue weighted by atomic mass is 9.98. The van der Waals surface area contributed by atoms with E-state index >= 15 is 0 Å². The first kappa shape index (κ1) is 29.5. The minimum atomic E-state index is -1.93. The van der Waals surface area contributed by atoms with Crippen molar-refractivity contribution in [3.05, 3.63) is 46.6 Å². The summed E-state index contributed by atoms with van der Waals surface area (Å²) in [6.45, 7) is 5.14. The Morgan fingerprint density at radius 2 is 1.79 bits per heavy atom. The largest absolute Gasteiger partial charge is 0.443 e. The molecule has 0 saturated carbocycles. The Morgan fingerprint density at radius 1 is 1.13 bits per heavy atom. The quantitative estimate of drug-likeness (QED) is 0.360. The number of aliphatic hydroxyl groups is 3. The van der Waals surface area contributed by atoms with Crippen LogP contribution in [-0.4, -0.2) is 86.8 Å². The first-order chi connectivity index (χ1) is 18.8. The molecule has 0 bridgehead atoms. The molecule has 2 fully saturated rings. The van der Waals surface area contributed by atoms with Crippen molar-refractivity contribution in [3.8, 4) is 5.88 Å². The fourth-order valence-corrected chi connectivity index (χ4v) is 5.31. The number of amides is 1. The van der Waals surface area contributed by atoms with Crippen LogP contribution < -0.4 is 4.74 Å². The number of likely N-dealkylation sites (tertiary alicyclic amines) is 1. The normalized spacial score (nSPS) is 26.0. The van der Waals surface area contributed by atoms with Crippen LogP contribution in [0.4, 0.5) is 4.39 Å². The number of hydrogen-bond acceptors (Lipinski definition) is 7. The number of H-pyrrole nitrogens is 1. The highest BCUT2D eigenvalue weighted by Crippen LogP contribution is 2.31. The highest BCUT2D eigenvalue weighted by molar-refractivity contribution is 5.76. The number of alkyl halides is 1. The summed E-state index contributed by atoms with van der Waals surface area (Å²) in [5.74, 6) is 0.559. The summed E-state index contributed by atoms with van der Waals surface area (Å²) in [4.78, 5) is 14.6. The molecule has 2 aromatic rings. The number of carbonyl (C=O) groups excluding carboxylic acids is 1. The molecular weight excluding hydrogens is 505 g/mol. The Balaban J connectivity index is 1.37. The number of hydrogen-bond donors (Lipinski definition) is 4. The van der Waals surface area contributed by atoms with E-state index in [1.807, 2.05) is 30.9 Å². The predicted octanol–water partition coefficient (Wildman–Crippen LogP) is 3.01. The van der Waals surface area contributed by atoms with Crippen LogP contribution in [0.3, 0.4) is 0 Å². The van der Waals surface area contributed by atoms with Crippen LogP contribution in [0.1, 0.15) is 80.7 Å². The lowest BCUT2D eigenvalue weighted by molar-refractivity contribution is -0.265. The van der Waals surface area contributed by atoms with E-state index in [-0.39, 0.29) is 17.7 Å². The van der Waals surface area contributed by atoms with E-state index in [9.17, 15) is 24.5 Å². The number of aryl methyl sites for hydroxylation is 1. The van der Waals surface area contributed by atoms with Gasteiger partial charge in [0.05, 0.1) is 6.61 Å². The van der Waals surface area contributed by atoms with Gasteiger partial charge in [-0.2, -0.15) is 0 Å². The zero-order chi connectivity index (χ0) is 27.9. The maximum Gasteiger partial charge on any atom is 0.238 e. The third-order valence-corrected chi connectivity index (χ3v) is 7.68. The van der Waals surface area contributed by atoms with E-state index in [1.165, 1.54) is 18.4 Å². The maximum absolute atomic E-state index is 14.1. The fourth-order valence-electron chi connectivity index (χ4n) is 5.31. The number of aliphatic hydroxyl groups excluding tert-OH is 3. The Bertz CT molecular complexity index is 1050. The topological polar surface area (TPSA) is 128 Å². The Hall–Kier alpha value is -2.53. The van der Waals surface area contributed by atoms with Crippen molar-refractivity contribution in [2.45, 2.75) is 102 Å². The number of nitrogens with one attached hydrogen (secondary N) is 1. The number of benzene rings is 1. The Kier molecular flexibility index (Phi) is 10.3. The van der Waals surface area contributed by atoms with Gasteiger partial charge in [-0.25, -0.2) is 4.39 Å². The minimum absolute atomic E-state index is 0.106. The second-order valence-electron chi connectivity index (χ2n) is 11.0. The van der Waals surface area contributed by atoms with E-state index in [0.29, 0.717) is 12.8 Å². The van der Waals surface area contributed by atoms with Crippen LogP contribution >= 0.6 is 0 Å². The molecule has 3 heterocycles. The van der Waals surface area contributed by atoms with Gasteiger partial charge in [-0.1, -0.05) is 51.0 Å². The summed E-state index contributed by atoms with van der Waals surface area (Å²) in [5, 5.41) is 37.0. The van der Waals surface area contributed by atoms with Gasteiger partial charge in [0.2, 0.25) is 18.1 Å². The third-order valence-electron chi connectivity index (χ3n) is 7.68. The van der Waals surface area contributed by atoms with Crippen molar-refractivity contribution in [2.24, 2.45) is 0 Å². The average molecular weight is 548 g/mol. The number of aromatic nitrogens is 2. The summed E-state index contributed by atoms with van der Waals surface area (Å²) in [6, 6.07) is 8.22. The zero-order valence-corrected chi connectivity index (χ0v) is 22.9. The van der Waals surface area contributed by atoms with Crippen LogP contribution in [0.15, 0.2) is 24.3 Å². The number of ether oxygens (including phenoxy) is 2. The molecule has 1 aromatic carbocycles. The second kappa shape index (κ2) is 13.7. The molecule has 0 aliphatic carbocycles. The summed E-state index contributed by atoms with van der Waals surface area (Å²) in [6.07, 6.45) is -0.672. The van der Waals surface area contributed by atoms with Crippen molar-refractivity contribution in [1.29, 1.82) is 0 Å². The summed E-state index contributed by atoms with van der Waals surface area (Å²) in [5.41, 5.74) is 3.82. The lowest BCUT2D eigenvalue weighted by Crippen LogP contribution is -2.58. The molecule has 5 atom stereocenters. The van der Waals surface area contributed by atoms with Crippen LogP contribution in [0.25, 0.3) is 0 Å². The van der Waals surface area contributed by atoms with E-state index < -0.39 is 37.4 Å². The maximum atomic E-state index is 14.1. The SMILES string of the molecule is CC(C)c1[nH]nc(O[C@@H]2O[C@H](CO)[C@@H](F)[C@H](O)[C@H]2O)c1Cc1ccc(CCCC(=O)N2CCCCCC2)cc1. The Morgan fingerprint density at radius 3 is 2.44 bits per heavy atom. The van der Waals surface area contributed by atoms with Gasteiger partial charge in [-0.15, -0.1) is 5.10 Å². The summed E-state index contributed by atoms with van der Waals surface area (Å²) < 4.78 is 25.3. The van der Waals surface area contributed by atoms with Gasteiger partial charge < -0.3 is 29.7 Å². The van der Waals surface area contributed by atoms with Crippen molar-refractivity contribution >= 4 is 5.91 Å². The molecule has 216 valence electrons. The standard InChI is InChI=1S/C29H42FN3O6/c1-18(2)25-21(28(32-31-25)39-29-27(37)26(36)24(30)22(17-34)38-29)16-20-12-10-19(11-13-20)8-7-9-23(35)33-14-5-3-4-6-15-33/h10-13,18,22,24,26-27,29,34,36-37H,3-9,14-17H2,1-2H3,(H,31,32)/t22-,24-,26+,27-,29+/m1/s1. The molecule has 2 saturated heterocycles. The summed E-state index contributed by atoms with van der Waals surface area (Å²) >= 11 is 0. The third kappa shape index (κ3) is 7.36. The molecule has 9 nitrogen and oxygen atoms in total. The van der Waals surface area contributed by atoms with Gasteiger partial charge in [0, 0.05) is 37.2 Å². The van der Waals surface area contributed by atoms with Gasteiger partial charge in [0.1, 0.15) is 18.3 Å². The van der Waals surface area contributed by atoms with Crippen LogP contribution in [0.2, 0.25) is 0 Å². The smallest absolute Gasteiger partial charge is 0.238 e. The lowest BCUT2D eigenvalue weighted by Gasteiger charge is -2.38. The highest BCUT2D eigenvalue weighted by atomic mass is 19.1. The molecule has 2 aliphatic heterocycles. The number of aromatic amines is 1. The number of rotatable bonds is 10. The molecule has 1 aromatic heterocycles. The summed E-state index contributed by atoms with van der Waals surface area (Å²) in [7, 11) is 0. The van der Waals surface area contributed by atoms with Crippen molar-refractivity contribution < 1.29 is 34.0 Å². The average Bonchev–Trinajstić information content (AvgIpc) is 3.12. The number of halogens is 1.